The van der Waals surface area contributed by atoms with Gasteiger partial charge in [-0.15, -0.1) is 11.6 Å². The summed E-state index contributed by atoms with van der Waals surface area (Å²) in [7, 11) is 0. The minimum absolute atomic E-state index is 0.297. The van der Waals surface area contributed by atoms with Gasteiger partial charge >= 0.3 is 0 Å². The highest BCUT2D eigenvalue weighted by atomic mass is 79.9. The summed E-state index contributed by atoms with van der Waals surface area (Å²) in [6.45, 7) is 1.84. The van der Waals surface area contributed by atoms with Crippen molar-refractivity contribution >= 4 is 38.6 Å². The van der Waals surface area contributed by atoms with E-state index in [0.29, 0.717) is 16.0 Å². The van der Waals surface area contributed by atoms with E-state index in [4.69, 9.17) is 11.6 Å². The molecule has 1 atom stereocenters. The van der Waals surface area contributed by atoms with Crippen molar-refractivity contribution in [3.63, 3.8) is 0 Å². The van der Waals surface area contributed by atoms with Crippen LogP contribution in [0.2, 0.25) is 0 Å². The summed E-state index contributed by atoms with van der Waals surface area (Å²) in [5.74, 6) is 0.336. The average Bonchev–Trinajstić information content (AvgIpc) is 2.81. The maximum absolute atomic E-state index is 13.8. The number of fused-ring (bicyclic) bond motifs is 1. The van der Waals surface area contributed by atoms with E-state index in [1.54, 1.807) is 18.5 Å². The number of halogens is 3. The molecule has 0 N–H and O–H groups in total. The lowest BCUT2D eigenvalue weighted by atomic mass is 10.3. The molecule has 102 valence electrons. The largest absolute Gasteiger partial charge is 0.295 e. The van der Waals surface area contributed by atoms with Crippen LogP contribution < -0.4 is 0 Å². The van der Waals surface area contributed by atoms with E-state index in [-0.39, 0.29) is 11.2 Å². The highest BCUT2D eigenvalue weighted by molar-refractivity contribution is 9.10. The molecule has 2 aromatic heterocycles. The third-order valence-electron chi connectivity index (χ3n) is 3.00. The van der Waals surface area contributed by atoms with Crippen molar-refractivity contribution < 1.29 is 4.39 Å². The molecule has 20 heavy (non-hydrogen) atoms. The van der Waals surface area contributed by atoms with Crippen LogP contribution in [-0.4, -0.2) is 14.5 Å². The first-order valence-electron chi connectivity index (χ1n) is 6.00. The monoisotopic (exact) mass is 353 g/mol. The Kier molecular flexibility index (Phi) is 3.48. The van der Waals surface area contributed by atoms with E-state index < -0.39 is 0 Å². The Balaban J connectivity index is 2.33. The molecule has 3 rings (SSSR count). The van der Waals surface area contributed by atoms with Crippen molar-refractivity contribution in [1.82, 2.24) is 14.5 Å². The molecule has 0 aliphatic carbocycles. The second kappa shape index (κ2) is 5.14. The Morgan fingerprint density at radius 2 is 2.15 bits per heavy atom. The number of nitrogens with zero attached hydrogens (tertiary/aromatic N) is 3. The van der Waals surface area contributed by atoms with Crippen LogP contribution in [0.3, 0.4) is 0 Å². The van der Waals surface area contributed by atoms with Crippen molar-refractivity contribution in [3.8, 4) is 5.69 Å². The van der Waals surface area contributed by atoms with Crippen LogP contribution in [0.5, 0.6) is 0 Å². The predicted octanol–water partition coefficient (Wildman–Crippen LogP) is 4.62. The number of hydrogen-bond acceptors (Lipinski definition) is 2. The van der Waals surface area contributed by atoms with Crippen LogP contribution in [0.4, 0.5) is 4.39 Å². The Hall–Kier alpha value is -1.46. The van der Waals surface area contributed by atoms with E-state index in [1.165, 1.54) is 6.07 Å². The minimum Gasteiger partial charge on any atom is -0.295 e. The lowest BCUT2D eigenvalue weighted by molar-refractivity contribution is 0.619. The first-order chi connectivity index (χ1) is 9.58. The van der Waals surface area contributed by atoms with Gasteiger partial charge in [-0.1, -0.05) is 0 Å². The Morgan fingerprint density at radius 3 is 2.85 bits per heavy atom. The van der Waals surface area contributed by atoms with Gasteiger partial charge < -0.3 is 0 Å². The fourth-order valence-electron chi connectivity index (χ4n) is 2.11. The van der Waals surface area contributed by atoms with Crippen molar-refractivity contribution in [3.05, 3.63) is 52.8 Å². The number of rotatable bonds is 2. The first kappa shape index (κ1) is 13.5. The highest BCUT2D eigenvalue weighted by Crippen LogP contribution is 2.29. The normalized spacial score (nSPS) is 12.8. The number of pyridine rings is 1. The molecule has 0 amide bonds. The third-order valence-corrected chi connectivity index (χ3v) is 3.84. The summed E-state index contributed by atoms with van der Waals surface area (Å²) < 4.78 is 16.1. The molecule has 0 aliphatic rings. The molecule has 0 spiro atoms. The van der Waals surface area contributed by atoms with Crippen LogP contribution in [-0.2, 0) is 0 Å². The molecule has 0 fully saturated rings. The standard InChI is InChI=1S/C14H10BrClFN3/c1-8(16)14-19-12-7-18-5-4-13(12)20(14)9-2-3-10(15)11(17)6-9/h2-8H,1H3. The summed E-state index contributed by atoms with van der Waals surface area (Å²) >= 11 is 9.35. The lowest BCUT2D eigenvalue weighted by Gasteiger charge is -2.11. The Morgan fingerprint density at radius 1 is 1.35 bits per heavy atom. The van der Waals surface area contributed by atoms with Gasteiger partial charge in [-0.05, 0) is 47.1 Å². The van der Waals surface area contributed by atoms with Gasteiger partial charge in [0.1, 0.15) is 17.2 Å². The number of aromatic nitrogens is 3. The SMILES string of the molecule is CC(Cl)c1nc2cnccc2n1-c1ccc(Br)c(F)c1. The maximum atomic E-state index is 13.8. The first-order valence-corrected chi connectivity index (χ1v) is 7.22. The van der Waals surface area contributed by atoms with Crippen LogP contribution in [0.25, 0.3) is 16.7 Å². The van der Waals surface area contributed by atoms with E-state index in [0.717, 1.165) is 11.0 Å². The summed E-state index contributed by atoms with van der Waals surface area (Å²) in [5, 5.41) is -0.297. The second-order valence-corrected chi connectivity index (χ2v) is 5.89. The number of hydrogen-bond donors (Lipinski definition) is 0. The van der Waals surface area contributed by atoms with Gasteiger partial charge in [-0.3, -0.25) is 9.55 Å². The van der Waals surface area contributed by atoms with Crippen molar-refractivity contribution in [2.75, 3.05) is 0 Å². The molecule has 0 saturated carbocycles. The summed E-state index contributed by atoms with van der Waals surface area (Å²) in [4.78, 5) is 8.53. The number of alkyl halides is 1. The van der Waals surface area contributed by atoms with E-state index in [9.17, 15) is 4.39 Å². The molecule has 2 heterocycles. The zero-order chi connectivity index (χ0) is 14.3. The van der Waals surface area contributed by atoms with Crippen LogP contribution >= 0.6 is 27.5 Å². The molecule has 0 bridgehead atoms. The fourth-order valence-corrected chi connectivity index (χ4v) is 2.51. The Labute approximate surface area is 128 Å². The quantitative estimate of drug-likeness (QED) is 0.629. The second-order valence-electron chi connectivity index (χ2n) is 4.38. The van der Waals surface area contributed by atoms with Gasteiger partial charge in [-0.2, -0.15) is 0 Å². The van der Waals surface area contributed by atoms with Crippen molar-refractivity contribution in [1.29, 1.82) is 0 Å². The smallest absolute Gasteiger partial charge is 0.139 e. The summed E-state index contributed by atoms with van der Waals surface area (Å²) in [6, 6.07) is 6.78. The average molecular weight is 355 g/mol. The van der Waals surface area contributed by atoms with Crippen LogP contribution in [0.15, 0.2) is 41.1 Å². The molecular formula is C14H10BrClFN3. The van der Waals surface area contributed by atoms with E-state index >= 15 is 0 Å². The topological polar surface area (TPSA) is 30.7 Å². The maximum Gasteiger partial charge on any atom is 0.139 e. The fraction of sp³-hybridized carbons (Fsp3) is 0.143. The lowest BCUT2D eigenvalue weighted by Crippen LogP contribution is -2.02. The van der Waals surface area contributed by atoms with Crippen molar-refractivity contribution in [2.45, 2.75) is 12.3 Å². The molecule has 3 nitrogen and oxygen atoms in total. The number of benzene rings is 1. The zero-order valence-corrected chi connectivity index (χ0v) is 12.9. The van der Waals surface area contributed by atoms with Gasteiger partial charge in [0.25, 0.3) is 0 Å². The van der Waals surface area contributed by atoms with Gasteiger partial charge in [0, 0.05) is 6.20 Å². The molecular weight excluding hydrogens is 345 g/mol. The van der Waals surface area contributed by atoms with Gasteiger partial charge in [0.05, 0.1) is 27.3 Å². The third kappa shape index (κ3) is 2.21. The predicted molar refractivity (Wildman–Crippen MR) is 80.8 cm³/mol. The molecule has 0 aliphatic heterocycles. The van der Waals surface area contributed by atoms with Crippen LogP contribution in [0.1, 0.15) is 18.1 Å². The summed E-state index contributed by atoms with van der Waals surface area (Å²) in [5.41, 5.74) is 2.27. The van der Waals surface area contributed by atoms with Crippen molar-refractivity contribution in [2.24, 2.45) is 0 Å². The molecule has 1 unspecified atom stereocenters. The summed E-state index contributed by atoms with van der Waals surface area (Å²) in [6.07, 6.45) is 3.35. The molecule has 0 radical (unpaired) electrons. The minimum atomic E-state index is -0.327. The van der Waals surface area contributed by atoms with Gasteiger partial charge in [0.2, 0.25) is 0 Å². The van der Waals surface area contributed by atoms with Gasteiger partial charge in [-0.25, -0.2) is 9.37 Å². The number of imidazole rings is 1. The molecule has 1 aromatic carbocycles. The van der Waals surface area contributed by atoms with Crippen LogP contribution in [0, 0.1) is 5.82 Å². The molecule has 0 saturated heterocycles. The zero-order valence-electron chi connectivity index (χ0n) is 10.5. The molecule has 3 aromatic rings. The molecule has 6 heteroatoms. The van der Waals surface area contributed by atoms with E-state index in [2.05, 4.69) is 25.9 Å². The van der Waals surface area contributed by atoms with Gasteiger partial charge in [0.15, 0.2) is 0 Å². The highest BCUT2D eigenvalue weighted by Gasteiger charge is 2.17. The Bertz CT molecular complexity index is 785. The van der Waals surface area contributed by atoms with E-state index in [1.807, 2.05) is 23.6 Å².